The van der Waals surface area contributed by atoms with Crippen molar-refractivity contribution < 1.29 is 0 Å². The first-order valence-electron chi connectivity index (χ1n) is 5.72. The number of hydrogen-bond donors (Lipinski definition) is 1. The lowest BCUT2D eigenvalue weighted by Gasteiger charge is -2.00. The molecule has 17 heavy (non-hydrogen) atoms. The van der Waals surface area contributed by atoms with Crippen LogP contribution in [0.5, 0.6) is 0 Å². The molecule has 4 nitrogen and oxygen atoms in total. The quantitative estimate of drug-likeness (QED) is 0.903. The third-order valence-corrected chi connectivity index (χ3v) is 2.96. The average Bonchev–Trinajstić information content (AvgIpc) is 2.73. The maximum Gasteiger partial charge on any atom is 0.202 e. The average molecular weight is 248 g/mol. The molecule has 0 saturated heterocycles. The van der Waals surface area contributed by atoms with E-state index in [1.807, 2.05) is 26.0 Å². The van der Waals surface area contributed by atoms with Crippen LogP contribution in [0.1, 0.15) is 24.7 Å². The van der Waals surface area contributed by atoms with Gasteiger partial charge in [-0.25, -0.2) is 0 Å². The summed E-state index contributed by atoms with van der Waals surface area (Å²) in [6.45, 7) is 7.03. The van der Waals surface area contributed by atoms with Gasteiger partial charge in [0, 0.05) is 35.0 Å². The van der Waals surface area contributed by atoms with Crippen LogP contribution in [0, 0.1) is 13.8 Å². The predicted molar refractivity (Wildman–Crippen MR) is 71.4 cm³/mol. The zero-order valence-electron chi connectivity index (χ0n) is 10.3. The van der Waals surface area contributed by atoms with E-state index in [9.17, 15) is 0 Å². The topological polar surface area (TPSA) is 50.7 Å². The minimum absolute atomic E-state index is 0.780. The number of nitrogens with zero attached hydrogens (tertiary/aromatic N) is 3. The lowest BCUT2D eigenvalue weighted by atomic mass is 10.2. The van der Waals surface area contributed by atoms with Crippen molar-refractivity contribution in [1.29, 1.82) is 0 Å². The van der Waals surface area contributed by atoms with E-state index in [4.69, 9.17) is 0 Å². The highest BCUT2D eigenvalue weighted by molar-refractivity contribution is 7.09. The number of aromatic nitrogens is 3. The standard InChI is InChI=1S/C12H16N4S/c1-4-5-13-12-15-11(16-17-12)10-6-8(2)14-9(3)7-10/h6-7H,4-5H2,1-3H3,(H,13,15,16). The van der Waals surface area contributed by atoms with Gasteiger partial charge < -0.3 is 5.32 Å². The van der Waals surface area contributed by atoms with Crippen LogP contribution in [0.15, 0.2) is 12.1 Å². The van der Waals surface area contributed by atoms with Crippen LogP contribution in [0.3, 0.4) is 0 Å². The van der Waals surface area contributed by atoms with Gasteiger partial charge in [0.2, 0.25) is 5.13 Å². The Kier molecular flexibility index (Phi) is 3.68. The minimum Gasteiger partial charge on any atom is -0.360 e. The highest BCUT2D eigenvalue weighted by Crippen LogP contribution is 2.22. The number of rotatable bonds is 4. The van der Waals surface area contributed by atoms with Gasteiger partial charge in [0.05, 0.1) is 0 Å². The van der Waals surface area contributed by atoms with Gasteiger partial charge in [-0.15, -0.1) is 0 Å². The highest BCUT2D eigenvalue weighted by atomic mass is 32.1. The minimum atomic E-state index is 0.780. The molecule has 90 valence electrons. The van der Waals surface area contributed by atoms with Crippen molar-refractivity contribution >= 4 is 16.7 Å². The Labute approximate surface area is 105 Å². The molecule has 2 heterocycles. The number of aryl methyl sites for hydroxylation is 2. The smallest absolute Gasteiger partial charge is 0.202 e. The molecule has 0 amide bonds. The largest absolute Gasteiger partial charge is 0.360 e. The van der Waals surface area contributed by atoms with E-state index >= 15 is 0 Å². The van der Waals surface area contributed by atoms with Crippen molar-refractivity contribution in [3.63, 3.8) is 0 Å². The van der Waals surface area contributed by atoms with Crippen LogP contribution in [-0.4, -0.2) is 20.9 Å². The first-order chi connectivity index (χ1) is 8.19. The Balaban J connectivity index is 2.24. The van der Waals surface area contributed by atoms with Crippen molar-refractivity contribution in [3.8, 4) is 11.4 Å². The van der Waals surface area contributed by atoms with Crippen LogP contribution < -0.4 is 5.32 Å². The summed E-state index contributed by atoms with van der Waals surface area (Å²) in [5.41, 5.74) is 3.03. The summed E-state index contributed by atoms with van der Waals surface area (Å²) in [5, 5.41) is 4.13. The molecule has 2 rings (SSSR count). The van der Waals surface area contributed by atoms with Crippen molar-refractivity contribution in [2.45, 2.75) is 27.2 Å². The van der Waals surface area contributed by atoms with Gasteiger partial charge in [0.1, 0.15) is 0 Å². The number of nitrogens with one attached hydrogen (secondary N) is 1. The molecule has 0 atom stereocenters. The summed E-state index contributed by atoms with van der Waals surface area (Å²) < 4.78 is 4.36. The normalized spacial score (nSPS) is 10.5. The maximum atomic E-state index is 4.47. The van der Waals surface area contributed by atoms with Crippen molar-refractivity contribution in [2.24, 2.45) is 0 Å². The van der Waals surface area contributed by atoms with E-state index in [2.05, 4.69) is 26.6 Å². The second-order valence-electron chi connectivity index (χ2n) is 3.99. The zero-order valence-corrected chi connectivity index (χ0v) is 11.1. The Morgan fingerprint density at radius 1 is 1.18 bits per heavy atom. The monoisotopic (exact) mass is 248 g/mol. The lowest BCUT2D eigenvalue weighted by molar-refractivity contribution is 0.976. The highest BCUT2D eigenvalue weighted by Gasteiger charge is 2.07. The molecule has 0 aliphatic rings. The Bertz CT molecular complexity index is 487. The number of anilines is 1. The fraction of sp³-hybridized carbons (Fsp3) is 0.417. The molecule has 5 heteroatoms. The molecule has 0 saturated carbocycles. The van der Waals surface area contributed by atoms with Crippen LogP contribution >= 0.6 is 11.5 Å². The van der Waals surface area contributed by atoms with Crippen molar-refractivity contribution in [1.82, 2.24) is 14.3 Å². The van der Waals surface area contributed by atoms with Crippen LogP contribution in [-0.2, 0) is 0 Å². The molecule has 0 radical (unpaired) electrons. The molecule has 0 unspecified atom stereocenters. The van der Waals surface area contributed by atoms with Crippen LogP contribution in [0.25, 0.3) is 11.4 Å². The molecular formula is C12H16N4S. The third-order valence-electron chi connectivity index (χ3n) is 2.29. The van der Waals surface area contributed by atoms with Crippen LogP contribution in [0.4, 0.5) is 5.13 Å². The van der Waals surface area contributed by atoms with E-state index in [0.29, 0.717) is 0 Å². The number of pyridine rings is 1. The van der Waals surface area contributed by atoms with E-state index < -0.39 is 0 Å². The second kappa shape index (κ2) is 5.23. The lowest BCUT2D eigenvalue weighted by Crippen LogP contribution is -1.98. The molecule has 2 aromatic heterocycles. The molecule has 2 aromatic rings. The van der Waals surface area contributed by atoms with Gasteiger partial charge in [-0.05, 0) is 32.4 Å². The summed E-state index contributed by atoms with van der Waals surface area (Å²) in [6.07, 6.45) is 1.09. The molecule has 1 N–H and O–H groups in total. The van der Waals surface area contributed by atoms with Gasteiger partial charge in [-0.3, -0.25) is 4.98 Å². The summed E-state index contributed by atoms with van der Waals surface area (Å²) >= 11 is 1.40. The zero-order chi connectivity index (χ0) is 12.3. The van der Waals surface area contributed by atoms with Gasteiger partial charge in [-0.1, -0.05) is 6.92 Å². The first-order valence-corrected chi connectivity index (χ1v) is 6.49. The van der Waals surface area contributed by atoms with Crippen LogP contribution in [0.2, 0.25) is 0 Å². The first kappa shape index (κ1) is 12.0. The molecular weight excluding hydrogens is 232 g/mol. The summed E-state index contributed by atoms with van der Waals surface area (Å²) in [6, 6.07) is 4.03. The molecule has 0 aromatic carbocycles. The molecule has 0 aliphatic carbocycles. The van der Waals surface area contributed by atoms with Gasteiger partial charge in [-0.2, -0.15) is 9.36 Å². The van der Waals surface area contributed by atoms with Gasteiger partial charge in [0.25, 0.3) is 0 Å². The van der Waals surface area contributed by atoms with Gasteiger partial charge >= 0.3 is 0 Å². The third kappa shape index (κ3) is 3.00. The fourth-order valence-corrected chi connectivity index (χ4v) is 2.22. The predicted octanol–water partition coefficient (Wildman–Crippen LogP) is 3.04. The Morgan fingerprint density at radius 3 is 2.53 bits per heavy atom. The van der Waals surface area contributed by atoms with E-state index in [1.54, 1.807) is 0 Å². The SMILES string of the molecule is CCCNc1nc(-c2cc(C)nc(C)c2)ns1. The van der Waals surface area contributed by atoms with E-state index in [1.165, 1.54) is 11.5 Å². The maximum absolute atomic E-state index is 4.47. The number of hydrogen-bond acceptors (Lipinski definition) is 5. The molecule has 0 bridgehead atoms. The van der Waals surface area contributed by atoms with Crippen molar-refractivity contribution in [3.05, 3.63) is 23.5 Å². The molecule has 0 aliphatic heterocycles. The Hall–Kier alpha value is -1.49. The summed E-state index contributed by atoms with van der Waals surface area (Å²) in [5.74, 6) is 0.780. The Morgan fingerprint density at radius 2 is 1.88 bits per heavy atom. The summed E-state index contributed by atoms with van der Waals surface area (Å²) in [4.78, 5) is 8.82. The molecule has 0 fully saturated rings. The second-order valence-corrected chi connectivity index (χ2v) is 4.74. The fourth-order valence-electron chi connectivity index (χ4n) is 1.61. The van der Waals surface area contributed by atoms with E-state index in [0.717, 1.165) is 40.9 Å². The summed E-state index contributed by atoms with van der Waals surface area (Å²) in [7, 11) is 0. The van der Waals surface area contributed by atoms with Crippen molar-refractivity contribution in [2.75, 3.05) is 11.9 Å². The van der Waals surface area contributed by atoms with E-state index in [-0.39, 0.29) is 0 Å². The molecule has 0 spiro atoms. The van der Waals surface area contributed by atoms with Gasteiger partial charge in [0.15, 0.2) is 5.82 Å².